The smallest absolute Gasteiger partial charge is 0.315 e. The molecule has 128 valence electrons. The number of amides is 2. The topological polar surface area (TPSA) is 64.6 Å². The van der Waals surface area contributed by atoms with Crippen molar-refractivity contribution in [2.45, 2.75) is 82.9 Å². The van der Waals surface area contributed by atoms with E-state index in [9.17, 15) is 9.90 Å². The van der Waals surface area contributed by atoms with E-state index >= 15 is 0 Å². The summed E-state index contributed by atoms with van der Waals surface area (Å²) < 4.78 is 0. The van der Waals surface area contributed by atoms with Crippen LogP contribution in [0.3, 0.4) is 0 Å². The van der Waals surface area contributed by atoms with Gasteiger partial charge in [0.05, 0.1) is 6.10 Å². The van der Waals surface area contributed by atoms with Crippen molar-refractivity contribution in [3.8, 4) is 0 Å². The number of hydrogen-bond donors (Lipinski definition) is 3. The standard InChI is InChI=1S/C17H33N3O2/c1-2-7-16(21)12-18-17(22)19-14-8-6-11-20(13-14)15-9-4-3-5-10-15/h14-16,21H,2-13H2,1H3,(H2,18,19,22). The number of aliphatic hydroxyl groups is 1. The second-order valence-corrected chi connectivity index (χ2v) is 6.92. The normalized spacial score (nSPS) is 25.6. The van der Waals surface area contributed by atoms with Gasteiger partial charge < -0.3 is 15.7 Å². The van der Waals surface area contributed by atoms with Gasteiger partial charge in [0.1, 0.15) is 0 Å². The lowest BCUT2D eigenvalue weighted by atomic mass is 9.92. The molecule has 0 aromatic heterocycles. The molecule has 1 aliphatic carbocycles. The molecule has 5 nitrogen and oxygen atoms in total. The number of rotatable bonds is 6. The summed E-state index contributed by atoms with van der Waals surface area (Å²) in [5.74, 6) is 0. The van der Waals surface area contributed by atoms with Crippen molar-refractivity contribution in [2.75, 3.05) is 19.6 Å². The highest BCUT2D eigenvalue weighted by Gasteiger charge is 2.27. The van der Waals surface area contributed by atoms with Crippen LogP contribution in [-0.4, -0.2) is 53.9 Å². The first-order valence-electron chi connectivity index (χ1n) is 9.15. The third-order valence-electron chi connectivity index (χ3n) is 5.00. The molecule has 2 amide bonds. The first kappa shape index (κ1) is 17.5. The van der Waals surface area contributed by atoms with E-state index < -0.39 is 6.10 Å². The number of nitrogens with one attached hydrogen (secondary N) is 2. The summed E-state index contributed by atoms with van der Waals surface area (Å²) in [6, 6.07) is 0.845. The minimum absolute atomic E-state index is 0.134. The van der Waals surface area contributed by atoms with Gasteiger partial charge in [-0.25, -0.2) is 4.79 Å². The van der Waals surface area contributed by atoms with Crippen molar-refractivity contribution >= 4 is 6.03 Å². The molecule has 0 aromatic rings. The van der Waals surface area contributed by atoms with E-state index in [0.717, 1.165) is 31.8 Å². The Balaban J connectivity index is 1.69. The van der Waals surface area contributed by atoms with Gasteiger partial charge >= 0.3 is 6.03 Å². The lowest BCUT2D eigenvalue weighted by Crippen LogP contribution is -2.53. The van der Waals surface area contributed by atoms with Gasteiger partial charge in [-0.2, -0.15) is 0 Å². The highest BCUT2D eigenvalue weighted by Crippen LogP contribution is 2.25. The van der Waals surface area contributed by atoms with Crippen molar-refractivity contribution in [2.24, 2.45) is 0 Å². The fourth-order valence-corrected chi connectivity index (χ4v) is 3.78. The first-order valence-corrected chi connectivity index (χ1v) is 9.15. The molecular weight excluding hydrogens is 278 g/mol. The van der Waals surface area contributed by atoms with Crippen LogP contribution >= 0.6 is 0 Å². The summed E-state index contributed by atoms with van der Waals surface area (Å²) in [4.78, 5) is 14.5. The second-order valence-electron chi connectivity index (χ2n) is 6.92. The molecule has 2 aliphatic rings. The van der Waals surface area contributed by atoms with E-state index in [1.165, 1.54) is 45.1 Å². The zero-order chi connectivity index (χ0) is 15.8. The Morgan fingerprint density at radius 1 is 1.23 bits per heavy atom. The fraction of sp³-hybridized carbons (Fsp3) is 0.941. The van der Waals surface area contributed by atoms with Gasteiger partial charge in [-0.05, 0) is 38.6 Å². The van der Waals surface area contributed by atoms with Crippen LogP contribution < -0.4 is 10.6 Å². The molecule has 1 saturated carbocycles. The Morgan fingerprint density at radius 2 is 2.00 bits per heavy atom. The molecule has 1 heterocycles. The molecular formula is C17H33N3O2. The van der Waals surface area contributed by atoms with Gasteiger partial charge in [0.15, 0.2) is 0 Å². The molecule has 0 radical (unpaired) electrons. The third-order valence-corrected chi connectivity index (χ3v) is 5.00. The fourth-order valence-electron chi connectivity index (χ4n) is 3.78. The van der Waals surface area contributed by atoms with Gasteiger partial charge in [-0.15, -0.1) is 0 Å². The average Bonchev–Trinajstić information content (AvgIpc) is 2.54. The monoisotopic (exact) mass is 311 g/mol. The number of nitrogens with zero attached hydrogens (tertiary/aromatic N) is 1. The Labute approximate surface area is 134 Å². The number of piperidine rings is 1. The number of aliphatic hydroxyl groups excluding tert-OH is 1. The van der Waals surface area contributed by atoms with Gasteiger partial charge in [-0.1, -0.05) is 32.6 Å². The first-order chi connectivity index (χ1) is 10.7. The van der Waals surface area contributed by atoms with E-state index in [0.29, 0.717) is 6.54 Å². The van der Waals surface area contributed by atoms with Gasteiger partial charge in [0.2, 0.25) is 0 Å². The second kappa shape index (κ2) is 9.36. The van der Waals surface area contributed by atoms with Crippen molar-refractivity contribution in [1.82, 2.24) is 15.5 Å². The minimum Gasteiger partial charge on any atom is -0.391 e. The lowest BCUT2D eigenvalue weighted by Gasteiger charge is -2.40. The maximum Gasteiger partial charge on any atom is 0.315 e. The van der Waals surface area contributed by atoms with E-state index in [2.05, 4.69) is 15.5 Å². The number of urea groups is 1. The van der Waals surface area contributed by atoms with Crippen molar-refractivity contribution in [3.63, 3.8) is 0 Å². The van der Waals surface area contributed by atoms with E-state index in [1.54, 1.807) is 0 Å². The summed E-state index contributed by atoms with van der Waals surface area (Å²) in [6.07, 6.45) is 10.2. The van der Waals surface area contributed by atoms with Gasteiger partial charge in [0, 0.05) is 25.2 Å². The lowest BCUT2D eigenvalue weighted by molar-refractivity contribution is 0.111. The Morgan fingerprint density at radius 3 is 2.73 bits per heavy atom. The zero-order valence-corrected chi connectivity index (χ0v) is 14.0. The van der Waals surface area contributed by atoms with Crippen LogP contribution in [0.4, 0.5) is 4.79 Å². The van der Waals surface area contributed by atoms with Crippen LogP contribution in [0, 0.1) is 0 Å². The molecule has 3 N–H and O–H groups in total. The number of carbonyl (C=O) groups is 1. The van der Waals surface area contributed by atoms with Crippen molar-refractivity contribution < 1.29 is 9.90 Å². The molecule has 5 heteroatoms. The van der Waals surface area contributed by atoms with E-state index in [1.807, 2.05) is 6.92 Å². The Hall–Kier alpha value is -0.810. The van der Waals surface area contributed by atoms with Crippen LogP contribution in [0.1, 0.15) is 64.7 Å². The summed E-state index contributed by atoms with van der Waals surface area (Å²) in [7, 11) is 0. The SMILES string of the molecule is CCCC(O)CNC(=O)NC1CCCN(C2CCCCC2)C1. The molecule has 2 atom stereocenters. The van der Waals surface area contributed by atoms with E-state index in [-0.39, 0.29) is 12.1 Å². The number of hydrogen-bond acceptors (Lipinski definition) is 3. The zero-order valence-electron chi connectivity index (χ0n) is 14.0. The third kappa shape index (κ3) is 5.76. The number of likely N-dealkylation sites (tertiary alicyclic amines) is 1. The van der Waals surface area contributed by atoms with Gasteiger partial charge in [-0.3, -0.25) is 4.90 Å². The summed E-state index contributed by atoms with van der Waals surface area (Å²) in [5.41, 5.74) is 0. The van der Waals surface area contributed by atoms with Gasteiger partial charge in [0.25, 0.3) is 0 Å². The molecule has 0 spiro atoms. The van der Waals surface area contributed by atoms with Crippen LogP contribution in [-0.2, 0) is 0 Å². The van der Waals surface area contributed by atoms with E-state index in [4.69, 9.17) is 0 Å². The molecule has 2 fully saturated rings. The molecule has 22 heavy (non-hydrogen) atoms. The minimum atomic E-state index is -0.430. The highest BCUT2D eigenvalue weighted by molar-refractivity contribution is 5.74. The summed E-state index contributed by atoms with van der Waals surface area (Å²) in [5, 5.41) is 15.5. The predicted octanol–water partition coefficient (Wildman–Crippen LogP) is 2.24. The maximum absolute atomic E-state index is 12.0. The molecule has 2 rings (SSSR count). The summed E-state index contributed by atoms with van der Waals surface area (Å²) in [6.45, 7) is 4.54. The molecule has 1 aliphatic heterocycles. The van der Waals surface area contributed by atoms with Crippen LogP contribution in [0.2, 0.25) is 0 Å². The number of carbonyl (C=O) groups excluding carboxylic acids is 1. The van der Waals surface area contributed by atoms with Crippen molar-refractivity contribution in [1.29, 1.82) is 0 Å². The van der Waals surface area contributed by atoms with Crippen LogP contribution in [0.15, 0.2) is 0 Å². The average molecular weight is 311 g/mol. The quantitative estimate of drug-likeness (QED) is 0.705. The molecule has 1 saturated heterocycles. The van der Waals surface area contributed by atoms with Crippen LogP contribution in [0.5, 0.6) is 0 Å². The largest absolute Gasteiger partial charge is 0.391 e. The molecule has 2 unspecified atom stereocenters. The van der Waals surface area contributed by atoms with Crippen LogP contribution in [0.25, 0.3) is 0 Å². The Kier molecular flexibility index (Phi) is 7.46. The molecule has 0 bridgehead atoms. The van der Waals surface area contributed by atoms with Crippen molar-refractivity contribution in [3.05, 3.63) is 0 Å². The highest BCUT2D eigenvalue weighted by atomic mass is 16.3. The predicted molar refractivity (Wildman–Crippen MR) is 88.9 cm³/mol. The maximum atomic E-state index is 12.0. The Bertz CT molecular complexity index is 332. The summed E-state index contributed by atoms with van der Waals surface area (Å²) >= 11 is 0. The molecule has 0 aromatic carbocycles.